The highest BCUT2D eigenvalue weighted by molar-refractivity contribution is 5.98. The van der Waals surface area contributed by atoms with Gasteiger partial charge in [-0.05, 0) is 19.1 Å². The lowest BCUT2D eigenvalue weighted by Gasteiger charge is -1.99. The van der Waals surface area contributed by atoms with Gasteiger partial charge >= 0.3 is 0 Å². The van der Waals surface area contributed by atoms with Crippen molar-refractivity contribution in [3.8, 4) is 5.75 Å². The van der Waals surface area contributed by atoms with Gasteiger partial charge in [0, 0.05) is 24.1 Å². The van der Waals surface area contributed by atoms with Crippen LogP contribution in [0.2, 0.25) is 0 Å². The van der Waals surface area contributed by atoms with Crippen molar-refractivity contribution >= 4 is 16.9 Å². The number of fused-ring (bicyclic) bond motifs is 1. The molecule has 0 aliphatic carbocycles. The predicted molar refractivity (Wildman–Crippen MR) is 60.9 cm³/mol. The second-order valence-corrected chi connectivity index (χ2v) is 3.55. The Morgan fingerprint density at radius 2 is 2.29 bits per heavy atom. The van der Waals surface area contributed by atoms with Crippen LogP contribution in [0.25, 0.3) is 11.0 Å². The second kappa shape index (κ2) is 4.45. The number of nitrogens with one attached hydrogen (secondary N) is 1. The predicted octanol–water partition coefficient (Wildman–Crippen LogP) is 2.41. The second-order valence-electron chi connectivity index (χ2n) is 3.55. The number of hydrogen-bond donors (Lipinski definition) is 1. The van der Waals surface area contributed by atoms with Crippen LogP contribution >= 0.6 is 0 Å². The molecule has 2 rings (SSSR count). The fourth-order valence-corrected chi connectivity index (χ4v) is 1.69. The zero-order valence-corrected chi connectivity index (χ0v) is 9.54. The number of carbonyl (C=O) groups excluding carboxylic acids is 1. The van der Waals surface area contributed by atoms with Gasteiger partial charge in [-0.25, -0.2) is 4.39 Å². The standard InChI is InChI=1S/C12H12FNO3/c1-7-9-4-3-8(16-6-13)5-10(9)17-11(7)12(15)14-2/h3-5H,6H2,1-2H3,(H,14,15). The fourth-order valence-electron chi connectivity index (χ4n) is 1.69. The molecule has 1 N–H and O–H groups in total. The Labute approximate surface area is 97.4 Å². The first-order chi connectivity index (χ1) is 8.17. The average molecular weight is 237 g/mol. The highest BCUT2D eigenvalue weighted by Crippen LogP contribution is 2.28. The molecule has 1 heterocycles. The summed E-state index contributed by atoms with van der Waals surface area (Å²) in [7, 11) is 1.53. The summed E-state index contributed by atoms with van der Waals surface area (Å²) in [5.41, 5.74) is 1.26. The van der Waals surface area contributed by atoms with E-state index in [1.807, 2.05) is 0 Å². The van der Waals surface area contributed by atoms with E-state index in [1.54, 1.807) is 25.1 Å². The molecule has 1 aromatic heterocycles. The Balaban J connectivity index is 2.53. The molecule has 2 aromatic rings. The number of halogens is 1. The first-order valence-electron chi connectivity index (χ1n) is 5.11. The van der Waals surface area contributed by atoms with E-state index in [4.69, 9.17) is 9.15 Å². The molecule has 5 heteroatoms. The minimum atomic E-state index is -0.895. The zero-order valence-electron chi connectivity index (χ0n) is 9.54. The molecular weight excluding hydrogens is 225 g/mol. The Hall–Kier alpha value is -2.04. The van der Waals surface area contributed by atoms with Crippen molar-refractivity contribution in [1.29, 1.82) is 0 Å². The van der Waals surface area contributed by atoms with Gasteiger partial charge in [0.2, 0.25) is 6.86 Å². The van der Waals surface area contributed by atoms with Crippen LogP contribution in [0.5, 0.6) is 5.75 Å². The maximum Gasteiger partial charge on any atom is 0.287 e. The summed E-state index contributed by atoms with van der Waals surface area (Å²) in [6, 6.07) is 4.94. The van der Waals surface area contributed by atoms with Gasteiger partial charge in [0.05, 0.1) is 0 Å². The summed E-state index contributed by atoms with van der Waals surface area (Å²) in [4.78, 5) is 11.5. The summed E-state index contributed by atoms with van der Waals surface area (Å²) in [6.07, 6.45) is 0. The molecule has 0 aliphatic heterocycles. The van der Waals surface area contributed by atoms with E-state index in [0.29, 0.717) is 11.3 Å². The lowest BCUT2D eigenvalue weighted by atomic mass is 10.1. The van der Waals surface area contributed by atoms with Crippen LogP contribution in [0.15, 0.2) is 22.6 Å². The molecule has 0 saturated carbocycles. The highest BCUT2D eigenvalue weighted by atomic mass is 19.1. The number of benzene rings is 1. The van der Waals surface area contributed by atoms with Crippen LogP contribution in [0, 0.1) is 6.92 Å². The largest absolute Gasteiger partial charge is 0.463 e. The molecule has 0 unspecified atom stereocenters. The SMILES string of the molecule is CNC(=O)c1oc2cc(OCF)ccc2c1C. The van der Waals surface area contributed by atoms with E-state index in [9.17, 15) is 9.18 Å². The molecular formula is C12H12FNO3. The third kappa shape index (κ3) is 1.95. The fraction of sp³-hybridized carbons (Fsp3) is 0.250. The Bertz CT molecular complexity index is 562. The van der Waals surface area contributed by atoms with Gasteiger partial charge < -0.3 is 14.5 Å². The molecule has 0 atom stereocenters. The monoisotopic (exact) mass is 237 g/mol. The topological polar surface area (TPSA) is 51.5 Å². The maximum absolute atomic E-state index is 12.0. The first-order valence-corrected chi connectivity index (χ1v) is 5.11. The Morgan fingerprint density at radius 1 is 1.53 bits per heavy atom. The van der Waals surface area contributed by atoms with E-state index in [1.165, 1.54) is 7.05 Å². The number of rotatable bonds is 3. The number of alkyl halides is 1. The van der Waals surface area contributed by atoms with Crippen molar-refractivity contribution in [3.63, 3.8) is 0 Å². The molecule has 90 valence electrons. The Morgan fingerprint density at radius 3 is 2.94 bits per heavy atom. The molecule has 1 amide bonds. The van der Waals surface area contributed by atoms with Gasteiger partial charge in [0.15, 0.2) is 5.76 Å². The van der Waals surface area contributed by atoms with Gasteiger partial charge in [-0.1, -0.05) is 0 Å². The van der Waals surface area contributed by atoms with Gasteiger partial charge in [-0.3, -0.25) is 4.79 Å². The lowest BCUT2D eigenvalue weighted by molar-refractivity contribution is 0.0937. The van der Waals surface area contributed by atoms with E-state index in [-0.39, 0.29) is 11.7 Å². The van der Waals surface area contributed by atoms with Crippen molar-refractivity contribution in [2.75, 3.05) is 13.9 Å². The van der Waals surface area contributed by atoms with Crippen LogP contribution in [-0.4, -0.2) is 19.8 Å². The van der Waals surface area contributed by atoms with Crippen molar-refractivity contribution in [1.82, 2.24) is 5.32 Å². The summed E-state index contributed by atoms with van der Waals surface area (Å²) in [5, 5.41) is 3.31. The van der Waals surface area contributed by atoms with Crippen LogP contribution in [0.1, 0.15) is 16.1 Å². The van der Waals surface area contributed by atoms with Crippen molar-refractivity contribution < 1.29 is 18.3 Å². The summed E-state index contributed by atoms with van der Waals surface area (Å²) < 4.78 is 22.2. The number of aryl methyl sites for hydroxylation is 1. The zero-order chi connectivity index (χ0) is 12.4. The van der Waals surface area contributed by atoms with Crippen molar-refractivity contribution in [2.24, 2.45) is 0 Å². The summed E-state index contributed by atoms with van der Waals surface area (Å²) >= 11 is 0. The van der Waals surface area contributed by atoms with Gasteiger partial charge in [-0.2, -0.15) is 0 Å². The minimum Gasteiger partial charge on any atom is -0.463 e. The van der Waals surface area contributed by atoms with Crippen LogP contribution in [-0.2, 0) is 0 Å². The van der Waals surface area contributed by atoms with E-state index < -0.39 is 6.86 Å². The normalized spacial score (nSPS) is 10.5. The van der Waals surface area contributed by atoms with Crippen LogP contribution < -0.4 is 10.1 Å². The van der Waals surface area contributed by atoms with Crippen LogP contribution in [0.4, 0.5) is 4.39 Å². The highest BCUT2D eigenvalue weighted by Gasteiger charge is 2.16. The molecule has 0 radical (unpaired) electrons. The number of carbonyl (C=O) groups is 1. The molecule has 0 aliphatic rings. The first kappa shape index (κ1) is 11.4. The van der Waals surface area contributed by atoms with Gasteiger partial charge in [0.1, 0.15) is 11.3 Å². The number of furan rings is 1. The Kier molecular flexibility index (Phi) is 2.99. The number of ether oxygens (including phenoxy) is 1. The van der Waals surface area contributed by atoms with Gasteiger partial charge in [0.25, 0.3) is 5.91 Å². The van der Waals surface area contributed by atoms with E-state index in [0.717, 1.165) is 10.9 Å². The van der Waals surface area contributed by atoms with Crippen molar-refractivity contribution in [2.45, 2.75) is 6.92 Å². The smallest absolute Gasteiger partial charge is 0.287 e. The molecule has 0 fully saturated rings. The van der Waals surface area contributed by atoms with E-state index >= 15 is 0 Å². The quantitative estimate of drug-likeness (QED) is 0.891. The molecule has 0 saturated heterocycles. The lowest BCUT2D eigenvalue weighted by Crippen LogP contribution is -2.17. The van der Waals surface area contributed by atoms with E-state index in [2.05, 4.69) is 5.32 Å². The molecule has 4 nitrogen and oxygen atoms in total. The maximum atomic E-state index is 12.0. The molecule has 0 spiro atoms. The minimum absolute atomic E-state index is 0.264. The third-order valence-electron chi connectivity index (χ3n) is 2.56. The third-order valence-corrected chi connectivity index (χ3v) is 2.56. The number of amides is 1. The molecule has 0 bridgehead atoms. The summed E-state index contributed by atoms with van der Waals surface area (Å²) in [6.45, 7) is 0.902. The molecule has 1 aromatic carbocycles. The summed E-state index contributed by atoms with van der Waals surface area (Å²) in [5.74, 6) is 0.351. The van der Waals surface area contributed by atoms with Crippen LogP contribution in [0.3, 0.4) is 0 Å². The van der Waals surface area contributed by atoms with Gasteiger partial charge in [-0.15, -0.1) is 0 Å². The average Bonchev–Trinajstić information content (AvgIpc) is 2.66. The van der Waals surface area contributed by atoms with Crippen molar-refractivity contribution in [3.05, 3.63) is 29.5 Å². The number of hydrogen-bond acceptors (Lipinski definition) is 3. The molecule has 17 heavy (non-hydrogen) atoms.